The predicted molar refractivity (Wildman–Crippen MR) is 37.8 cm³/mol. The molecule has 0 fully saturated rings. The van der Waals surface area contributed by atoms with Gasteiger partial charge in [0.2, 0.25) is 0 Å². The minimum absolute atomic E-state index is 0.787. The summed E-state index contributed by atoms with van der Waals surface area (Å²) in [6.07, 6.45) is 1.27. The van der Waals surface area contributed by atoms with Gasteiger partial charge in [0.25, 0.3) is 0 Å². The first-order chi connectivity index (χ1) is 3.48. The summed E-state index contributed by atoms with van der Waals surface area (Å²) in [5.41, 5.74) is 0. The Balaban J connectivity index is 3.62. The predicted octanol–water partition coefficient (Wildman–Crippen LogP) is 1.49. The molecule has 0 spiro atoms. The van der Waals surface area contributed by atoms with Gasteiger partial charge < -0.3 is 4.48 Å². The third-order valence-electron chi connectivity index (χ3n) is 1.91. The van der Waals surface area contributed by atoms with Crippen molar-refractivity contribution in [2.45, 2.75) is 26.3 Å². The molecule has 0 saturated carbocycles. The molecule has 0 heterocycles. The van der Waals surface area contributed by atoms with Crippen molar-refractivity contribution in [1.82, 2.24) is 0 Å². The highest BCUT2D eigenvalue weighted by Gasteiger charge is 2.14. The summed E-state index contributed by atoms with van der Waals surface area (Å²) in [6, 6.07) is 0.787. The molecule has 1 heteroatoms. The van der Waals surface area contributed by atoms with Crippen LogP contribution in [-0.2, 0) is 0 Å². The molecule has 0 radical (unpaired) electrons. The first kappa shape index (κ1) is 7.96. The highest BCUT2D eigenvalue weighted by atomic mass is 15.3. The summed E-state index contributed by atoms with van der Waals surface area (Å²) in [7, 11) is 6.69. The maximum absolute atomic E-state index is 2.28. The summed E-state index contributed by atoms with van der Waals surface area (Å²) < 4.78 is 1.08. The topological polar surface area (TPSA) is 0 Å². The van der Waals surface area contributed by atoms with Crippen LogP contribution in [0.15, 0.2) is 0 Å². The minimum atomic E-state index is 0.787. The SMILES string of the molecule is CC[C@H](C)[N+](C)(C)C. The van der Waals surface area contributed by atoms with E-state index in [4.69, 9.17) is 0 Å². The van der Waals surface area contributed by atoms with Crippen molar-refractivity contribution < 1.29 is 4.48 Å². The van der Waals surface area contributed by atoms with Crippen molar-refractivity contribution in [3.05, 3.63) is 0 Å². The van der Waals surface area contributed by atoms with Gasteiger partial charge in [-0.2, -0.15) is 0 Å². The molecule has 1 nitrogen and oxygen atoms in total. The maximum atomic E-state index is 2.28. The first-order valence-corrected chi connectivity index (χ1v) is 3.29. The van der Waals surface area contributed by atoms with Gasteiger partial charge in [0.15, 0.2) is 0 Å². The highest BCUT2D eigenvalue weighted by molar-refractivity contribution is 4.41. The van der Waals surface area contributed by atoms with Gasteiger partial charge in [-0.05, 0) is 13.3 Å². The van der Waals surface area contributed by atoms with Crippen LogP contribution in [0.2, 0.25) is 0 Å². The van der Waals surface area contributed by atoms with E-state index >= 15 is 0 Å². The van der Waals surface area contributed by atoms with Crippen molar-refractivity contribution >= 4 is 0 Å². The minimum Gasteiger partial charge on any atom is -0.329 e. The number of hydrogen-bond donors (Lipinski definition) is 0. The summed E-state index contributed by atoms with van der Waals surface area (Å²) in [4.78, 5) is 0. The average molecular weight is 116 g/mol. The van der Waals surface area contributed by atoms with E-state index in [9.17, 15) is 0 Å². The molecule has 50 valence electrons. The molecule has 0 saturated heterocycles. The Morgan fingerprint density at radius 1 is 1.25 bits per heavy atom. The monoisotopic (exact) mass is 116 g/mol. The van der Waals surface area contributed by atoms with Gasteiger partial charge in [0.1, 0.15) is 0 Å². The molecule has 0 aliphatic carbocycles. The van der Waals surface area contributed by atoms with Crippen LogP contribution in [0.3, 0.4) is 0 Å². The molecule has 8 heavy (non-hydrogen) atoms. The van der Waals surface area contributed by atoms with E-state index in [0.29, 0.717) is 0 Å². The molecule has 0 aliphatic heterocycles. The third kappa shape index (κ3) is 2.31. The van der Waals surface area contributed by atoms with Crippen LogP contribution in [0.4, 0.5) is 0 Å². The molecular formula is C7H18N+. The summed E-state index contributed by atoms with van der Waals surface area (Å²) in [5, 5.41) is 0. The number of nitrogens with zero attached hydrogens (tertiary/aromatic N) is 1. The molecule has 0 aromatic carbocycles. The molecule has 0 aliphatic rings. The second kappa shape index (κ2) is 2.49. The van der Waals surface area contributed by atoms with Gasteiger partial charge in [-0.1, -0.05) is 6.92 Å². The zero-order valence-electron chi connectivity index (χ0n) is 6.73. The molecule has 0 bridgehead atoms. The normalized spacial score (nSPS) is 16.1. The van der Waals surface area contributed by atoms with Crippen molar-refractivity contribution in [3.8, 4) is 0 Å². The van der Waals surface area contributed by atoms with Crippen LogP contribution in [0.5, 0.6) is 0 Å². The Morgan fingerprint density at radius 3 is 1.62 bits per heavy atom. The lowest BCUT2D eigenvalue weighted by atomic mass is 10.2. The lowest BCUT2D eigenvalue weighted by Crippen LogP contribution is -2.42. The fourth-order valence-electron chi connectivity index (χ4n) is 0.548. The second-order valence-electron chi connectivity index (χ2n) is 3.37. The lowest BCUT2D eigenvalue weighted by molar-refractivity contribution is -0.894. The Kier molecular flexibility index (Phi) is 2.48. The second-order valence-corrected chi connectivity index (χ2v) is 3.37. The Bertz CT molecular complexity index is 61.3. The van der Waals surface area contributed by atoms with Gasteiger partial charge in [0, 0.05) is 0 Å². The van der Waals surface area contributed by atoms with Gasteiger partial charge in [-0.3, -0.25) is 0 Å². The van der Waals surface area contributed by atoms with E-state index in [1.54, 1.807) is 0 Å². The molecule has 0 aromatic heterocycles. The quantitative estimate of drug-likeness (QED) is 0.479. The van der Waals surface area contributed by atoms with Gasteiger partial charge in [-0.25, -0.2) is 0 Å². The van der Waals surface area contributed by atoms with E-state index in [1.807, 2.05) is 0 Å². The summed E-state index contributed by atoms with van der Waals surface area (Å²) in [6.45, 7) is 4.51. The van der Waals surface area contributed by atoms with Gasteiger partial charge in [-0.15, -0.1) is 0 Å². The fourth-order valence-corrected chi connectivity index (χ4v) is 0.548. The van der Waals surface area contributed by atoms with Crippen LogP contribution >= 0.6 is 0 Å². The average Bonchev–Trinajstić information content (AvgIpc) is 1.62. The van der Waals surface area contributed by atoms with E-state index in [2.05, 4.69) is 35.0 Å². The Hall–Kier alpha value is -0.0400. The van der Waals surface area contributed by atoms with E-state index in [-0.39, 0.29) is 0 Å². The van der Waals surface area contributed by atoms with E-state index in [1.165, 1.54) is 6.42 Å². The van der Waals surface area contributed by atoms with Crippen LogP contribution in [0, 0.1) is 0 Å². The van der Waals surface area contributed by atoms with Crippen molar-refractivity contribution in [1.29, 1.82) is 0 Å². The van der Waals surface area contributed by atoms with Crippen LogP contribution in [0.25, 0.3) is 0 Å². The van der Waals surface area contributed by atoms with E-state index in [0.717, 1.165) is 10.5 Å². The summed E-state index contributed by atoms with van der Waals surface area (Å²) in [5.74, 6) is 0. The maximum Gasteiger partial charge on any atom is 0.0852 e. The largest absolute Gasteiger partial charge is 0.329 e. The number of quaternary nitrogens is 1. The van der Waals surface area contributed by atoms with Crippen LogP contribution in [0.1, 0.15) is 20.3 Å². The smallest absolute Gasteiger partial charge is 0.0852 e. The molecule has 0 unspecified atom stereocenters. The van der Waals surface area contributed by atoms with Crippen molar-refractivity contribution in [3.63, 3.8) is 0 Å². The molecular weight excluding hydrogens is 98.1 g/mol. The summed E-state index contributed by atoms with van der Waals surface area (Å²) >= 11 is 0. The van der Waals surface area contributed by atoms with E-state index < -0.39 is 0 Å². The molecule has 0 rings (SSSR count). The van der Waals surface area contributed by atoms with Crippen molar-refractivity contribution in [2.24, 2.45) is 0 Å². The standard InChI is InChI=1S/C7H18N/c1-6-7(2)8(3,4)5/h7H,6H2,1-5H3/q+1/t7-/m0/s1. The van der Waals surface area contributed by atoms with Gasteiger partial charge >= 0.3 is 0 Å². The lowest BCUT2D eigenvalue weighted by Gasteiger charge is -2.30. The number of hydrogen-bond acceptors (Lipinski definition) is 0. The number of rotatable bonds is 2. The molecule has 0 N–H and O–H groups in total. The van der Waals surface area contributed by atoms with Crippen LogP contribution < -0.4 is 0 Å². The molecule has 1 atom stereocenters. The van der Waals surface area contributed by atoms with Gasteiger partial charge in [0.05, 0.1) is 27.2 Å². The van der Waals surface area contributed by atoms with Crippen molar-refractivity contribution in [2.75, 3.05) is 21.1 Å². The Morgan fingerprint density at radius 2 is 1.62 bits per heavy atom. The molecule has 0 amide bonds. The Labute approximate surface area is 52.9 Å². The van der Waals surface area contributed by atoms with Crippen LogP contribution in [-0.4, -0.2) is 31.7 Å². The molecule has 0 aromatic rings. The fraction of sp³-hybridized carbons (Fsp3) is 1.00. The zero-order valence-corrected chi connectivity index (χ0v) is 6.73. The zero-order chi connectivity index (χ0) is 6.78. The highest BCUT2D eigenvalue weighted by Crippen LogP contribution is 2.04. The third-order valence-corrected chi connectivity index (χ3v) is 1.91. The first-order valence-electron chi connectivity index (χ1n) is 3.29.